The summed E-state index contributed by atoms with van der Waals surface area (Å²) in [5.74, 6) is -0.839. The van der Waals surface area contributed by atoms with Crippen molar-refractivity contribution in [2.75, 3.05) is 30.3 Å². The molecule has 0 fully saturated rings. The van der Waals surface area contributed by atoms with E-state index in [1.54, 1.807) is 38.4 Å². The lowest BCUT2D eigenvalue weighted by Gasteiger charge is -2.18. The first kappa shape index (κ1) is 20.2. The molecule has 0 aliphatic carbocycles. The Labute approximate surface area is 178 Å². The van der Waals surface area contributed by atoms with Crippen LogP contribution in [-0.4, -0.2) is 45.8 Å². The minimum absolute atomic E-state index is 0.189. The van der Waals surface area contributed by atoms with E-state index in [2.05, 4.69) is 5.32 Å². The Bertz CT molecular complexity index is 1300. The van der Waals surface area contributed by atoms with Crippen LogP contribution >= 0.6 is 11.6 Å². The molecule has 2 amide bonds. The van der Waals surface area contributed by atoms with Crippen molar-refractivity contribution in [3.63, 3.8) is 0 Å². The van der Waals surface area contributed by atoms with Gasteiger partial charge in [0.05, 0.1) is 21.2 Å². The fourth-order valence-electron chi connectivity index (χ4n) is 3.47. The summed E-state index contributed by atoms with van der Waals surface area (Å²) in [7, 11) is -0.639. The molecule has 30 heavy (non-hydrogen) atoms. The number of carbonyl (C=O) groups is 2. The maximum atomic E-state index is 13.0. The van der Waals surface area contributed by atoms with Crippen molar-refractivity contribution in [3.8, 4) is 0 Å². The molecule has 1 heterocycles. The average Bonchev–Trinajstić information content (AvgIpc) is 2.92. The summed E-state index contributed by atoms with van der Waals surface area (Å²) < 4.78 is 27.1. The topological polar surface area (TPSA) is 86.8 Å². The van der Waals surface area contributed by atoms with E-state index in [1.165, 1.54) is 23.1 Å². The smallest absolute Gasteiger partial charge is 0.265 e. The maximum Gasteiger partial charge on any atom is 0.265 e. The number of hydrogen-bond acceptors (Lipinski definition) is 4. The largest absolute Gasteiger partial charge is 0.345 e. The number of hydrogen-bond donors (Lipinski definition) is 1. The molecule has 0 spiro atoms. The van der Waals surface area contributed by atoms with Crippen molar-refractivity contribution in [1.29, 1.82) is 0 Å². The molecular weight excluding hydrogens is 426 g/mol. The molecule has 1 aliphatic rings. The summed E-state index contributed by atoms with van der Waals surface area (Å²) in [6.45, 7) is -0.393. The third kappa shape index (κ3) is 3.28. The summed E-state index contributed by atoms with van der Waals surface area (Å²) in [5, 5.41) is 4.31. The van der Waals surface area contributed by atoms with Gasteiger partial charge in [-0.25, -0.2) is 8.42 Å². The number of halogens is 1. The van der Waals surface area contributed by atoms with Gasteiger partial charge in [-0.15, -0.1) is 0 Å². The Hall–Kier alpha value is -3.10. The first-order chi connectivity index (χ1) is 14.2. The first-order valence-electron chi connectivity index (χ1n) is 9.05. The van der Waals surface area contributed by atoms with Crippen molar-refractivity contribution in [3.05, 3.63) is 65.2 Å². The number of benzene rings is 3. The number of carbonyl (C=O) groups excluding carboxylic acids is 2. The van der Waals surface area contributed by atoms with E-state index in [4.69, 9.17) is 11.6 Å². The van der Waals surface area contributed by atoms with E-state index >= 15 is 0 Å². The lowest BCUT2D eigenvalue weighted by molar-refractivity contribution is -0.114. The van der Waals surface area contributed by atoms with Gasteiger partial charge in [0.2, 0.25) is 5.91 Å². The Balaban J connectivity index is 1.61. The standard InChI is InChI=1S/C21H18ClN3O4S/c1-24(2)21(27)15-11-14(9-10-16(15)22)23-19(26)12-25-17-7-3-5-13-6-4-8-18(20(13)17)30(25,28)29/h3-11H,12H2,1-2H3,(H,23,26). The number of nitrogens with zero attached hydrogens (tertiary/aromatic N) is 2. The fraction of sp³-hybridized carbons (Fsp3) is 0.143. The highest BCUT2D eigenvalue weighted by atomic mass is 35.5. The van der Waals surface area contributed by atoms with Gasteiger partial charge in [-0.05, 0) is 35.7 Å². The number of nitrogens with one attached hydrogen (secondary N) is 1. The molecule has 0 saturated heterocycles. The molecule has 3 aromatic carbocycles. The number of amides is 2. The third-order valence-electron chi connectivity index (χ3n) is 4.86. The molecule has 0 radical (unpaired) electrons. The van der Waals surface area contributed by atoms with Gasteiger partial charge >= 0.3 is 0 Å². The predicted molar refractivity (Wildman–Crippen MR) is 117 cm³/mol. The zero-order valence-corrected chi connectivity index (χ0v) is 17.8. The SMILES string of the molecule is CN(C)C(=O)c1cc(NC(=O)CN2c3cccc4cccc(c34)S2(=O)=O)ccc1Cl. The highest BCUT2D eigenvalue weighted by molar-refractivity contribution is 7.93. The summed E-state index contributed by atoms with van der Waals surface area (Å²) in [6.07, 6.45) is 0. The second-order valence-electron chi connectivity index (χ2n) is 7.09. The van der Waals surface area contributed by atoms with Crippen LogP contribution in [0.3, 0.4) is 0 Å². The highest BCUT2D eigenvalue weighted by Crippen LogP contribution is 2.41. The molecule has 0 saturated carbocycles. The van der Waals surface area contributed by atoms with E-state index < -0.39 is 22.5 Å². The first-order valence-corrected chi connectivity index (χ1v) is 10.9. The molecule has 0 unspecified atom stereocenters. The number of sulfonamides is 1. The summed E-state index contributed by atoms with van der Waals surface area (Å²) >= 11 is 6.10. The van der Waals surface area contributed by atoms with Crippen LogP contribution in [0.2, 0.25) is 5.02 Å². The molecule has 1 N–H and O–H groups in total. The van der Waals surface area contributed by atoms with Gasteiger partial charge in [0.15, 0.2) is 0 Å². The number of rotatable bonds is 4. The van der Waals surface area contributed by atoms with Crippen LogP contribution in [0, 0.1) is 0 Å². The van der Waals surface area contributed by atoms with Crippen LogP contribution in [0.5, 0.6) is 0 Å². The van der Waals surface area contributed by atoms with Crippen molar-refractivity contribution >= 4 is 55.6 Å². The van der Waals surface area contributed by atoms with Crippen LogP contribution < -0.4 is 9.62 Å². The van der Waals surface area contributed by atoms with E-state index in [1.807, 2.05) is 12.1 Å². The van der Waals surface area contributed by atoms with Crippen LogP contribution in [0.25, 0.3) is 10.8 Å². The molecule has 7 nitrogen and oxygen atoms in total. The molecule has 1 aliphatic heterocycles. The third-order valence-corrected chi connectivity index (χ3v) is 6.99. The van der Waals surface area contributed by atoms with Gasteiger partial charge in [-0.3, -0.25) is 13.9 Å². The van der Waals surface area contributed by atoms with Crippen LogP contribution in [-0.2, 0) is 14.8 Å². The van der Waals surface area contributed by atoms with Crippen LogP contribution in [0.15, 0.2) is 59.5 Å². The zero-order valence-electron chi connectivity index (χ0n) is 16.2. The second kappa shape index (κ2) is 7.30. The monoisotopic (exact) mass is 443 g/mol. The lowest BCUT2D eigenvalue weighted by Crippen LogP contribution is -2.35. The van der Waals surface area contributed by atoms with Crippen molar-refractivity contribution in [1.82, 2.24) is 4.90 Å². The van der Waals surface area contributed by atoms with Gasteiger partial charge in [0.1, 0.15) is 6.54 Å². The van der Waals surface area contributed by atoms with Crippen molar-refractivity contribution in [2.24, 2.45) is 0 Å². The fourth-order valence-corrected chi connectivity index (χ4v) is 5.33. The van der Waals surface area contributed by atoms with E-state index in [0.29, 0.717) is 16.8 Å². The molecule has 0 bridgehead atoms. The molecule has 9 heteroatoms. The summed E-state index contributed by atoms with van der Waals surface area (Å²) in [5.41, 5.74) is 1.06. The van der Waals surface area contributed by atoms with Gasteiger partial charge in [-0.1, -0.05) is 35.9 Å². The van der Waals surface area contributed by atoms with E-state index in [-0.39, 0.29) is 21.4 Å². The highest BCUT2D eigenvalue weighted by Gasteiger charge is 2.36. The van der Waals surface area contributed by atoms with Gasteiger partial charge in [0, 0.05) is 25.2 Å². The van der Waals surface area contributed by atoms with Gasteiger partial charge < -0.3 is 10.2 Å². The second-order valence-corrected chi connectivity index (χ2v) is 9.32. The average molecular weight is 444 g/mol. The van der Waals surface area contributed by atoms with Gasteiger partial charge in [0.25, 0.3) is 15.9 Å². The quantitative estimate of drug-likeness (QED) is 0.670. The minimum Gasteiger partial charge on any atom is -0.345 e. The number of anilines is 2. The minimum atomic E-state index is -3.83. The Morgan fingerprint density at radius 2 is 1.77 bits per heavy atom. The zero-order chi connectivity index (χ0) is 21.6. The molecule has 0 aromatic heterocycles. The summed E-state index contributed by atoms with van der Waals surface area (Å²) in [6, 6.07) is 14.9. The van der Waals surface area contributed by atoms with Crippen molar-refractivity contribution in [2.45, 2.75) is 4.90 Å². The van der Waals surface area contributed by atoms with Crippen LogP contribution in [0.4, 0.5) is 11.4 Å². The Morgan fingerprint density at radius 1 is 1.07 bits per heavy atom. The lowest BCUT2D eigenvalue weighted by atomic mass is 10.1. The van der Waals surface area contributed by atoms with Crippen LogP contribution in [0.1, 0.15) is 10.4 Å². The molecule has 0 atom stereocenters. The molecule has 4 rings (SSSR count). The predicted octanol–water partition coefficient (Wildman–Crippen LogP) is 3.34. The normalized spacial score (nSPS) is 14.0. The van der Waals surface area contributed by atoms with Gasteiger partial charge in [-0.2, -0.15) is 0 Å². The van der Waals surface area contributed by atoms with Crippen molar-refractivity contribution < 1.29 is 18.0 Å². The molecule has 3 aromatic rings. The maximum absolute atomic E-state index is 13.0. The Morgan fingerprint density at radius 3 is 2.47 bits per heavy atom. The molecular formula is C21H18ClN3O4S. The summed E-state index contributed by atoms with van der Waals surface area (Å²) in [4.78, 5) is 26.5. The molecule has 154 valence electrons. The van der Waals surface area contributed by atoms with E-state index in [0.717, 1.165) is 9.69 Å². The Kier molecular flexibility index (Phi) is 4.91. The van der Waals surface area contributed by atoms with E-state index in [9.17, 15) is 18.0 Å².